The summed E-state index contributed by atoms with van der Waals surface area (Å²) < 4.78 is 11.3. The van der Waals surface area contributed by atoms with Crippen molar-refractivity contribution in [2.24, 2.45) is 0 Å². The van der Waals surface area contributed by atoms with Gasteiger partial charge in [0.2, 0.25) is 0 Å². The van der Waals surface area contributed by atoms with E-state index >= 15 is 0 Å². The van der Waals surface area contributed by atoms with Gasteiger partial charge in [0, 0.05) is 0 Å². The van der Waals surface area contributed by atoms with Crippen molar-refractivity contribution in [3.8, 4) is 11.5 Å². The topological polar surface area (TPSA) is 50.8 Å². The fourth-order valence-electron chi connectivity index (χ4n) is 2.81. The van der Waals surface area contributed by atoms with E-state index < -0.39 is 0 Å². The average Bonchev–Trinajstić information content (AvgIpc) is 2.60. The highest BCUT2D eigenvalue weighted by Gasteiger charge is 2.29. The van der Waals surface area contributed by atoms with Gasteiger partial charge in [-0.25, -0.2) is 4.79 Å². The smallest absolute Gasteiger partial charge is 0.326 e. The SMILES string of the molecule is CC[C@@H]1CN(C(=O)Nc2cc(C)ccc2OC)c2ccccc2O1. The Bertz CT molecular complexity index is 745. The molecule has 0 bridgehead atoms. The maximum Gasteiger partial charge on any atom is 0.326 e. The lowest BCUT2D eigenvalue weighted by molar-refractivity contribution is 0.188. The van der Waals surface area contributed by atoms with Gasteiger partial charge in [0.15, 0.2) is 0 Å². The number of aryl methyl sites for hydroxylation is 1. The first-order valence-corrected chi connectivity index (χ1v) is 8.11. The predicted octanol–water partition coefficient (Wildman–Crippen LogP) is 4.21. The first-order valence-electron chi connectivity index (χ1n) is 8.11. The Balaban J connectivity index is 1.88. The molecule has 0 unspecified atom stereocenters. The number of urea groups is 1. The van der Waals surface area contributed by atoms with Gasteiger partial charge in [-0.1, -0.05) is 25.1 Å². The van der Waals surface area contributed by atoms with Crippen molar-refractivity contribution in [2.45, 2.75) is 26.4 Å². The zero-order valence-corrected chi connectivity index (χ0v) is 14.2. The molecule has 126 valence electrons. The van der Waals surface area contributed by atoms with Crippen molar-refractivity contribution >= 4 is 17.4 Å². The zero-order valence-electron chi connectivity index (χ0n) is 14.2. The average molecular weight is 326 g/mol. The summed E-state index contributed by atoms with van der Waals surface area (Å²) in [6.45, 7) is 4.55. The van der Waals surface area contributed by atoms with Gasteiger partial charge >= 0.3 is 6.03 Å². The van der Waals surface area contributed by atoms with Crippen molar-refractivity contribution in [1.82, 2.24) is 0 Å². The number of methoxy groups -OCH3 is 1. The summed E-state index contributed by atoms with van der Waals surface area (Å²) in [5, 5.41) is 2.96. The van der Waals surface area contributed by atoms with Crippen LogP contribution in [-0.2, 0) is 0 Å². The van der Waals surface area contributed by atoms with E-state index in [0.717, 1.165) is 23.4 Å². The highest BCUT2D eigenvalue weighted by Crippen LogP contribution is 2.34. The van der Waals surface area contributed by atoms with E-state index in [1.807, 2.05) is 49.4 Å². The molecule has 0 saturated carbocycles. The van der Waals surface area contributed by atoms with Crippen LogP contribution >= 0.6 is 0 Å². The molecule has 24 heavy (non-hydrogen) atoms. The Labute approximate surface area is 142 Å². The molecule has 0 saturated heterocycles. The quantitative estimate of drug-likeness (QED) is 0.919. The number of rotatable bonds is 3. The summed E-state index contributed by atoms with van der Waals surface area (Å²) in [6, 6.07) is 13.1. The van der Waals surface area contributed by atoms with E-state index in [0.29, 0.717) is 18.0 Å². The van der Waals surface area contributed by atoms with Crippen molar-refractivity contribution in [3.05, 3.63) is 48.0 Å². The molecule has 1 N–H and O–H groups in total. The number of fused-ring (bicyclic) bond motifs is 1. The van der Waals surface area contributed by atoms with Gasteiger partial charge in [-0.05, 0) is 43.2 Å². The largest absolute Gasteiger partial charge is 0.495 e. The van der Waals surface area contributed by atoms with Gasteiger partial charge in [0.25, 0.3) is 0 Å². The second-order valence-corrected chi connectivity index (χ2v) is 5.86. The van der Waals surface area contributed by atoms with Crippen LogP contribution in [0.1, 0.15) is 18.9 Å². The van der Waals surface area contributed by atoms with Gasteiger partial charge in [-0.3, -0.25) is 4.90 Å². The van der Waals surface area contributed by atoms with Crippen LogP contribution in [0, 0.1) is 6.92 Å². The van der Waals surface area contributed by atoms with Crippen molar-refractivity contribution in [1.29, 1.82) is 0 Å². The van der Waals surface area contributed by atoms with Gasteiger partial charge in [-0.15, -0.1) is 0 Å². The van der Waals surface area contributed by atoms with Crippen LogP contribution in [0.25, 0.3) is 0 Å². The van der Waals surface area contributed by atoms with Crippen LogP contribution in [0.2, 0.25) is 0 Å². The van der Waals surface area contributed by atoms with Crippen molar-refractivity contribution < 1.29 is 14.3 Å². The molecule has 5 heteroatoms. The molecule has 1 heterocycles. The minimum atomic E-state index is -0.187. The molecule has 0 spiro atoms. The number of carbonyl (C=O) groups is 1. The number of ether oxygens (including phenoxy) is 2. The van der Waals surface area contributed by atoms with E-state index in [1.54, 1.807) is 12.0 Å². The van der Waals surface area contributed by atoms with Gasteiger partial charge < -0.3 is 14.8 Å². The lowest BCUT2D eigenvalue weighted by Gasteiger charge is -2.34. The minimum Gasteiger partial charge on any atom is -0.495 e. The third-order valence-electron chi connectivity index (χ3n) is 4.13. The summed E-state index contributed by atoms with van der Waals surface area (Å²) in [5.41, 5.74) is 2.51. The van der Waals surface area contributed by atoms with Crippen molar-refractivity contribution in [3.63, 3.8) is 0 Å². The molecule has 5 nitrogen and oxygen atoms in total. The third-order valence-corrected chi connectivity index (χ3v) is 4.13. The summed E-state index contributed by atoms with van der Waals surface area (Å²) in [5.74, 6) is 1.38. The Morgan fingerprint density at radius 1 is 1.33 bits per heavy atom. The number of nitrogens with zero attached hydrogens (tertiary/aromatic N) is 1. The van der Waals surface area contributed by atoms with E-state index in [1.165, 1.54) is 0 Å². The number of hydrogen-bond donors (Lipinski definition) is 1. The van der Waals surface area contributed by atoms with Crippen LogP contribution in [0.3, 0.4) is 0 Å². The van der Waals surface area contributed by atoms with E-state index in [4.69, 9.17) is 9.47 Å². The number of anilines is 2. The molecular formula is C19H22N2O3. The van der Waals surface area contributed by atoms with Gasteiger partial charge in [0.05, 0.1) is 25.0 Å². The number of hydrogen-bond acceptors (Lipinski definition) is 3. The molecule has 2 amide bonds. The van der Waals surface area contributed by atoms with Crippen LogP contribution in [0.15, 0.2) is 42.5 Å². The molecule has 3 rings (SSSR count). The van der Waals surface area contributed by atoms with Gasteiger partial charge in [-0.2, -0.15) is 0 Å². The van der Waals surface area contributed by atoms with E-state index in [2.05, 4.69) is 12.2 Å². The zero-order chi connectivity index (χ0) is 17.1. The molecule has 1 aliphatic rings. The molecule has 2 aromatic rings. The monoisotopic (exact) mass is 326 g/mol. The molecule has 0 aromatic heterocycles. The van der Waals surface area contributed by atoms with Gasteiger partial charge in [0.1, 0.15) is 17.6 Å². The molecule has 1 aliphatic heterocycles. The molecule has 0 aliphatic carbocycles. The number of para-hydroxylation sites is 2. The highest BCUT2D eigenvalue weighted by atomic mass is 16.5. The first-order chi connectivity index (χ1) is 11.6. The maximum atomic E-state index is 12.9. The summed E-state index contributed by atoms with van der Waals surface area (Å²) in [4.78, 5) is 14.6. The van der Waals surface area contributed by atoms with Crippen LogP contribution in [0.5, 0.6) is 11.5 Å². The molecular weight excluding hydrogens is 304 g/mol. The molecule has 0 fully saturated rings. The summed E-state index contributed by atoms with van der Waals surface area (Å²) in [7, 11) is 1.59. The standard InChI is InChI=1S/C19H22N2O3/c1-4-14-12-21(16-7-5-6-8-18(16)24-14)19(22)20-15-11-13(2)9-10-17(15)23-3/h5-11,14H,4,12H2,1-3H3,(H,20,22)/t14-/m1/s1. The first kappa shape index (κ1) is 16.2. The molecule has 2 aromatic carbocycles. The van der Waals surface area contributed by atoms with E-state index in [-0.39, 0.29) is 12.1 Å². The Kier molecular flexibility index (Phi) is 4.60. The molecule has 1 atom stereocenters. The number of nitrogens with one attached hydrogen (secondary N) is 1. The Hall–Kier alpha value is -2.69. The second-order valence-electron chi connectivity index (χ2n) is 5.86. The van der Waals surface area contributed by atoms with Crippen molar-refractivity contribution in [2.75, 3.05) is 23.9 Å². The van der Waals surface area contributed by atoms with Crippen LogP contribution in [0.4, 0.5) is 16.2 Å². The number of benzene rings is 2. The van der Waals surface area contributed by atoms with Crippen LogP contribution < -0.4 is 19.7 Å². The fourth-order valence-corrected chi connectivity index (χ4v) is 2.81. The Morgan fingerprint density at radius 2 is 2.12 bits per heavy atom. The van der Waals surface area contributed by atoms with Crippen LogP contribution in [-0.4, -0.2) is 25.8 Å². The summed E-state index contributed by atoms with van der Waals surface area (Å²) >= 11 is 0. The highest BCUT2D eigenvalue weighted by molar-refractivity contribution is 6.03. The predicted molar refractivity (Wildman–Crippen MR) is 95.2 cm³/mol. The minimum absolute atomic E-state index is 0.00921. The second kappa shape index (κ2) is 6.83. The third kappa shape index (κ3) is 3.15. The Morgan fingerprint density at radius 3 is 2.88 bits per heavy atom. The molecule has 0 radical (unpaired) electrons. The summed E-state index contributed by atoms with van der Waals surface area (Å²) in [6.07, 6.45) is 0.830. The fraction of sp³-hybridized carbons (Fsp3) is 0.316. The lowest BCUT2D eigenvalue weighted by atomic mass is 10.1. The normalized spacial score (nSPS) is 16.1. The number of amides is 2. The van der Waals surface area contributed by atoms with E-state index in [9.17, 15) is 4.79 Å². The maximum absolute atomic E-state index is 12.9. The lowest BCUT2D eigenvalue weighted by Crippen LogP contribution is -2.45. The number of carbonyl (C=O) groups excluding carboxylic acids is 1.